The molecule has 0 aromatic rings. The van der Waals surface area contributed by atoms with Crippen LogP contribution in [0.2, 0.25) is 0 Å². The standard InChI is InChI=1S/C12H11F13O4/c13-7(14,2-1-3-4(26)5(27)6(28)29-3)8(15,16)9(17,18)10(19,20)11(21,22)12(23,24)25/h3-6,26-28H,1-2H2/t3-,4+,5-,6?/m1/s1. The zero-order chi connectivity index (χ0) is 23.4. The molecule has 0 bridgehead atoms. The lowest BCUT2D eigenvalue weighted by Gasteiger charge is -2.40. The lowest BCUT2D eigenvalue weighted by molar-refractivity contribution is -0.440. The van der Waals surface area contributed by atoms with E-state index in [1.54, 1.807) is 0 Å². The average molecular weight is 466 g/mol. The molecule has 174 valence electrons. The maximum atomic E-state index is 13.5. The Morgan fingerprint density at radius 3 is 1.34 bits per heavy atom. The summed E-state index contributed by atoms with van der Waals surface area (Å²) in [6.45, 7) is 0. The SMILES string of the molecule is OC1O[C@H](CCC(F)(F)C(F)(F)C(F)(F)C(F)(F)C(F)(F)C(F)(F)F)[C@H](O)[C@H]1O. The summed E-state index contributed by atoms with van der Waals surface area (Å²) in [7, 11) is 0. The van der Waals surface area contributed by atoms with E-state index in [2.05, 4.69) is 4.74 Å². The molecule has 0 aliphatic carbocycles. The average Bonchev–Trinajstić information content (AvgIpc) is 2.78. The maximum absolute atomic E-state index is 13.5. The largest absolute Gasteiger partial charge is 0.460 e. The molecule has 0 radical (unpaired) electrons. The van der Waals surface area contributed by atoms with Crippen molar-refractivity contribution in [1.29, 1.82) is 0 Å². The third-order valence-electron chi connectivity index (χ3n) is 4.08. The molecule has 1 rings (SSSR count). The number of aliphatic hydroxyl groups is 3. The van der Waals surface area contributed by atoms with Crippen LogP contribution >= 0.6 is 0 Å². The molecule has 1 fully saturated rings. The van der Waals surface area contributed by atoms with Gasteiger partial charge in [-0.25, -0.2) is 0 Å². The normalized spacial score (nSPS) is 28.1. The molecule has 0 aromatic heterocycles. The Hall–Kier alpha value is -1.07. The van der Waals surface area contributed by atoms with Gasteiger partial charge in [-0.3, -0.25) is 0 Å². The molecular formula is C12H11F13O4. The summed E-state index contributed by atoms with van der Waals surface area (Å²) in [5, 5.41) is 27.3. The third-order valence-corrected chi connectivity index (χ3v) is 4.08. The van der Waals surface area contributed by atoms with E-state index in [0.29, 0.717) is 0 Å². The first-order chi connectivity index (χ1) is 12.6. The lowest BCUT2D eigenvalue weighted by atomic mass is 9.91. The van der Waals surface area contributed by atoms with Crippen LogP contribution in [0.1, 0.15) is 12.8 Å². The van der Waals surface area contributed by atoms with Gasteiger partial charge in [-0.2, -0.15) is 57.1 Å². The Bertz CT molecular complexity index is 591. The van der Waals surface area contributed by atoms with Crippen molar-refractivity contribution in [3.05, 3.63) is 0 Å². The minimum atomic E-state index is -7.99. The molecule has 1 aliphatic heterocycles. The molecule has 0 aromatic carbocycles. The Balaban J connectivity index is 3.16. The molecular weight excluding hydrogens is 455 g/mol. The Kier molecular flexibility index (Phi) is 6.50. The van der Waals surface area contributed by atoms with E-state index in [1.165, 1.54) is 0 Å². The highest BCUT2D eigenvalue weighted by molar-refractivity contribution is 5.10. The number of hydrogen-bond donors (Lipinski definition) is 3. The molecule has 3 N–H and O–H groups in total. The minimum Gasteiger partial charge on any atom is -0.387 e. The first-order valence-electron chi connectivity index (χ1n) is 7.21. The van der Waals surface area contributed by atoms with Crippen LogP contribution in [-0.4, -0.2) is 75.7 Å². The number of alkyl halides is 13. The second kappa shape index (κ2) is 7.26. The second-order valence-electron chi connectivity index (χ2n) is 6.08. The van der Waals surface area contributed by atoms with Gasteiger partial charge in [0.15, 0.2) is 6.29 Å². The fourth-order valence-electron chi connectivity index (χ4n) is 2.25. The van der Waals surface area contributed by atoms with Gasteiger partial charge in [0.05, 0.1) is 6.10 Å². The molecule has 1 aliphatic rings. The number of hydrogen-bond acceptors (Lipinski definition) is 4. The second-order valence-corrected chi connectivity index (χ2v) is 6.08. The van der Waals surface area contributed by atoms with E-state index in [4.69, 9.17) is 10.2 Å². The summed E-state index contributed by atoms with van der Waals surface area (Å²) in [4.78, 5) is 0. The van der Waals surface area contributed by atoms with E-state index < -0.39 is 73.2 Å². The third kappa shape index (κ3) is 3.85. The molecule has 4 nitrogen and oxygen atoms in total. The fourth-order valence-corrected chi connectivity index (χ4v) is 2.25. The molecule has 4 atom stereocenters. The van der Waals surface area contributed by atoms with Crippen molar-refractivity contribution in [2.75, 3.05) is 0 Å². The smallest absolute Gasteiger partial charge is 0.387 e. The fraction of sp³-hybridized carbons (Fsp3) is 1.00. The van der Waals surface area contributed by atoms with Crippen LogP contribution in [-0.2, 0) is 4.74 Å². The molecule has 1 heterocycles. The van der Waals surface area contributed by atoms with Crippen LogP contribution in [0.3, 0.4) is 0 Å². The Morgan fingerprint density at radius 1 is 0.586 bits per heavy atom. The first-order valence-corrected chi connectivity index (χ1v) is 7.21. The summed E-state index contributed by atoms with van der Waals surface area (Å²) in [5.74, 6) is -37.4. The van der Waals surface area contributed by atoms with Crippen molar-refractivity contribution >= 4 is 0 Å². The predicted molar refractivity (Wildman–Crippen MR) is 62.9 cm³/mol. The highest BCUT2D eigenvalue weighted by Crippen LogP contribution is 2.60. The minimum absolute atomic E-state index is 1.62. The van der Waals surface area contributed by atoms with Crippen molar-refractivity contribution in [2.45, 2.75) is 73.2 Å². The van der Waals surface area contributed by atoms with E-state index in [1.807, 2.05) is 0 Å². The lowest BCUT2D eigenvalue weighted by Crippen LogP contribution is -2.70. The first kappa shape index (κ1) is 26.0. The van der Waals surface area contributed by atoms with Gasteiger partial charge in [0.25, 0.3) is 0 Å². The topological polar surface area (TPSA) is 69.9 Å². The van der Waals surface area contributed by atoms with Gasteiger partial charge in [-0.1, -0.05) is 0 Å². The summed E-state index contributed by atoms with van der Waals surface area (Å²) in [6.07, 6.45) is -20.4. The van der Waals surface area contributed by atoms with Crippen molar-refractivity contribution in [3.8, 4) is 0 Å². The number of rotatable bonds is 7. The predicted octanol–water partition coefficient (Wildman–Crippen LogP) is 2.94. The van der Waals surface area contributed by atoms with E-state index >= 15 is 0 Å². The summed E-state index contributed by atoms with van der Waals surface area (Å²) in [5.41, 5.74) is 0. The quantitative estimate of drug-likeness (QED) is 0.505. The Morgan fingerprint density at radius 2 is 1.00 bits per heavy atom. The van der Waals surface area contributed by atoms with Gasteiger partial charge in [-0.05, 0) is 6.42 Å². The van der Waals surface area contributed by atoms with Crippen molar-refractivity contribution in [2.24, 2.45) is 0 Å². The Labute approximate surface area is 151 Å². The van der Waals surface area contributed by atoms with Crippen LogP contribution in [0.5, 0.6) is 0 Å². The number of aliphatic hydroxyl groups excluding tert-OH is 3. The van der Waals surface area contributed by atoms with Crippen LogP contribution in [0.15, 0.2) is 0 Å². The molecule has 17 heteroatoms. The van der Waals surface area contributed by atoms with E-state index in [9.17, 15) is 62.2 Å². The molecule has 0 spiro atoms. The molecule has 1 saturated heterocycles. The van der Waals surface area contributed by atoms with Crippen molar-refractivity contribution in [3.63, 3.8) is 0 Å². The zero-order valence-corrected chi connectivity index (χ0v) is 13.4. The maximum Gasteiger partial charge on any atom is 0.460 e. The van der Waals surface area contributed by atoms with Gasteiger partial charge in [-0.15, -0.1) is 0 Å². The summed E-state index contributed by atoms with van der Waals surface area (Å²) in [6, 6.07) is 0. The van der Waals surface area contributed by atoms with Crippen molar-refractivity contribution < 1.29 is 77.1 Å². The molecule has 0 saturated carbocycles. The highest BCUT2D eigenvalue weighted by Gasteiger charge is 2.90. The monoisotopic (exact) mass is 466 g/mol. The van der Waals surface area contributed by atoms with E-state index in [0.717, 1.165) is 0 Å². The summed E-state index contributed by atoms with van der Waals surface area (Å²) >= 11 is 0. The van der Waals surface area contributed by atoms with Crippen LogP contribution < -0.4 is 0 Å². The number of ether oxygens (including phenoxy) is 1. The van der Waals surface area contributed by atoms with Gasteiger partial charge >= 0.3 is 35.8 Å². The molecule has 29 heavy (non-hydrogen) atoms. The van der Waals surface area contributed by atoms with Crippen LogP contribution in [0, 0.1) is 0 Å². The van der Waals surface area contributed by atoms with E-state index in [-0.39, 0.29) is 0 Å². The molecule has 1 unspecified atom stereocenters. The van der Waals surface area contributed by atoms with Gasteiger partial charge in [0, 0.05) is 6.42 Å². The molecule has 0 amide bonds. The zero-order valence-electron chi connectivity index (χ0n) is 13.4. The van der Waals surface area contributed by atoms with Crippen LogP contribution in [0.4, 0.5) is 57.1 Å². The van der Waals surface area contributed by atoms with Gasteiger partial charge in [0.1, 0.15) is 12.2 Å². The van der Waals surface area contributed by atoms with Gasteiger partial charge in [0.2, 0.25) is 0 Å². The van der Waals surface area contributed by atoms with Gasteiger partial charge < -0.3 is 20.1 Å². The van der Waals surface area contributed by atoms with Crippen LogP contribution in [0.25, 0.3) is 0 Å². The highest BCUT2D eigenvalue weighted by atomic mass is 19.4. The summed E-state index contributed by atoms with van der Waals surface area (Å²) < 4.78 is 172. The van der Waals surface area contributed by atoms with Crippen molar-refractivity contribution in [1.82, 2.24) is 0 Å². The number of halogens is 13.